The molecule has 0 aliphatic heterocycles. The molecule has 8 nitrogen and oxygen atoms in total. The molecule has 10 heteroatoms. The Morgan fingerprint density at radius 2 is 2.00 bits per heavy atom. The predicted molar refractivity (Wildman–Crippen MR) is 98.5 cm³/mol. The van der Waals surface area contributed by atoms with Gasteiger partial charge in [-0.05, 0) is 18.4 Å². The van der Waals surface area contributed by atoms with Crippen molar-refractivity contribution in [2.75, 3.05) is 11.6 Å². The molecular formula is C16H18N2O6S2. The number of carbonyl (C=O) groups is 1. The number of benzene rings is 1. The molecule has 0 saturated carbocycles. The molecule has 0 bridgehead atoms. The van der Waals surface area contributed by atoms with Crippen molar-refractivity contribution in [3.05, 3.63) is 52.1 Å². The van der Waals surface area contributed by atoms with Gasteiger partial charge in [0.1, 0.15) is 4.21 Å². The number of rotatable bonds is 9. The minimum atomic E-state index is -3.58. The zero-order valence-corrected chi connectivity index (χ0v) is 15.5. The Morgan fingerprint density at radius 3 is 2.54 bits per heavy atom. The van der Waals surface area contributed by atoms with E-state index in [0.717, 1.165) is 29.2 Å². The van der Waals surface area contributed by atoms with Gasteiger partial charge in [-0.3, -0.25) is 14.9 Å². The number of anilines is 1. The lowest BCUT2D eigenvalue weighted by molar-refractivity contribution is -0.383. The van der Waals surface area contributed by atoms with Crippen LogP contribution in [0.1, 0.15) is 18.4 Å². The minimum Gasteiger partial charge on any atom is -0.481 e. The van der Waals surface area contributed by atoms with Gasteiger partial charge < -0.3 is 10.4 Å². The number of aliphatic carboxylic acids is 1. The second-order valence-electron chi connectivity index (χ2n) is 5.77. The van der Waals surface area contributed by atoms with Gasteiger partial charge in [0.2, 0.25) is 0 Å². The summed E-state index contributed by atoms with van der Waals surface area (Å²) in [5.41, 5.74) is 0.613. The molecule has 0 saturated heterocycles. The van der Waals surface area contributed by atoms with E-state index in [4.69, 9.17) is 5.11 Å². The molecule has 0 fully saturated rings. The number of sulfone groups is 1. The molecule has 2 aromatic rings. The van der Waals surface area contributed by atoms with Crippen LogP contribution in [0.3, 0.4) is 0 Å². The second-order valence-corrected chi connectivity index (χ2v) is 9.07. The second kappa shape index (κ2) is 8.28. The van der Waals surface area contributed by atoms with Crippen LogP contribution >= 0.6 is 11.3 Å². The summed E-state index contributed by atoms with van der Waals surface area (Å²) in [4.78, 5) is 21.5. The van der Waals surface area contributed by atoms with E-state index in [1.54, 1.807) is 0 Å². The Kier molecular flexibility index (Phi) is 6.32. The average molecular weight is 398 g/mol. The molecule has 1 heterocycles. The Labute approximate surface area is 154 Å². The Hall–Kier alpha value is -2.46. The van der Waals surface area contributed by atoms with E-state index in [1.165, 1.54) is 0 Å². The monoisotopic (exact) mass is 398 g/mol. The Balaban J connectivity index is 2.30. The van der Waals surface area contributed by atoms with Gasteiger partial charge in [0, 0.05) is 24.8 Å². The Bertz CT molecular complexity index is 893. The number of nitrogens with zero attached hydrogens (tertiary/aromatic N) is 1. The van der Waals surface area contributed by atoms with Crippen molar-refractivity contribution in [3.8, 4) is 0 Å². The highest BCUT2D eigenvalue weighted by molar-refractivity contribution is 7.92. The highest BCUT2D eigenvalue weighted by Crippen LogP contribution is 2.38. The number of thiophene rings is 1. The SMILES string of the molecule is CS(=O)(=O)c1cc([N+](=O)[O-])c(NC(CCC(=O)O)Cc2ccccc2)s1. The van der Waals surface area contributed by atoms with Gasteiger partial charge in [0.05, 0.1) is 4.92 Å². The van der Waals surface area contributed by atoms with E-state index in [-0.39, 0.29) is 27.7 Å². The first-order valence-corrected chi connectivity index (χ1v) is 10.4. The fourth-order valence-corrected chi connectivity index (χ4v) is 4.40. The maximum absolute atomic E-state index is 11.7. The number of hydrogen-bond donors (Lipinski definition) is 2. The largest absolute Gasteiger partial charge is 0.481 e. The van der Waals surface area contributed by atoms with Crippen molar-refractivity contribution < 1.29 is 23.2 Å². The molecule has 1 aromatic heterocycles. The molecular weight excluding hydrogens is 380 g/mol. The van der Waals surface area contributed by atoms with Crippen LogP contribution in [0.25, 0.3) is 0 Å². The summed E-state index contributed by atoms with van der Waals surface area (Å²) in [6, 6.07) is 9.93. The number of nitro groups is 1. The molecule has 0 amide bonds. The van der Waals surface area contributed by atoms with Crippen LogP contribution in [0, 0.1) is 10.1 Å². The third-order valence-electron chi connectivity index (χ3n) is 3.62. The summed E-state index contributed by atoms with van der Waals surface area (Å²) in [7, 11) is -3.58. The highest BCUT2D eigenvalue weighted by Gasteiger charge is 2.25. The fraction of sp³-hybridized carbons (Fsp3) is 0.312. The summed E-state index contributed by atoms with van der Waals surface area (Å²) >= 11 is 0.780. The molecule has 0 spiro atoms. The van der Waals surface area contributed by atoms with E-state index in [9.17, 15) is 23.3 Å². The van der Waals surface area contributed by atoms with Crippen LogP contribution in [-0.2, 0) is 21.1 Å². The van der Waals surface area contributed by atoms with Gasteiger partial charge in [-0.25, -0.2) is 8.42 Å². The first kappa shape index (κ1) is 19.9. The summed E-state index contributed by atoms with van der Waals surface area (Å²) in [6.07, 6.45) is 1.58. The van der Waals surface area contributed by atoms with Crippen LogP contribution in [0.2, 0.25) is 0 Å². The molecule has 2 rings (SSSR count). The standard InChI is InChI=1S/C16H18N2O6S2/c1-26(23,24)15-10-13(18(21)22)16(25-15)17-12(7-8-14(19)20)9-11-5-3-2-4-6-11/h2-6,10,12,17H,7-9H2,1H3,(H,19,20). The maximum Gasteiger partial charge on any atom is 0.304 e. The van der Waals surface area contributed by atoms with Gasteiger partial charge in [0.15, 0.2) is 14.8 Å². The molecule has 140 valence electrons. The van der Waals surface area contributed by atoms with Gasteiger partial charge in [0.25, 0.3) is 0 Å². The lowest BCUT2D eigenvalue weighted by atomic mass is 10.0. The van der Waals surface area contributed by atoms with Crippen molar-refractivity contribution in [3.63, 3.8) is 0 Å². The van der Waals surface area contributed by atoms with E-state index in [2.05, 4.69) is 5.32 Å². The summed E-state index contributed by atoms with van der Waals surface area (Å²) in [6.45, 7) is 0. The predicted octanol–water partition coefficient (Wildman–Crippen LogP) is 2.95. The van der Waals surface area contributed by atoms with Gasteiger partial charge in [-0.15, -0.1) is 0 Å². The lowest BCUT2D eigenvalue weighted by Crippen LogP contribution is -2.23. The van der Waals surface area contributed by atoms with Crippen molar-refractivity contribution in [1.82, 2.24) is 0 Å². The molecule has 1 atom stereocenters. The van der Waals surface area contributed by atoms with E-state index >= 15 is 0 Å². The smallest absolute Gasteiger partial charge is 0.304 e. The molecule has 2 N–H and O–H groups in total. The van der Waals surface area contributed by atoms with Crippen molar-refractivity contribution in [2.45, 2.75) is 29.5 Å². The first-order valence-electron chi connectivity index (χ1n) is 7.67. The number of nitrogens with one attached hydrogen (secondary N) is 1. The van der Waals surface area contributed by atoms with Crippen LogP contribution in [-0.4, -0.2) is 36.7 Å². The normalized spacial score (nSPS) is 12.5. The Morgan fingerprint density at radius 1 is 1.35 bits per heavy atom. The van der Waals surface area contributed by atoms with Crippen LogP contribution in [0.15, 0.2) is 40.6 Å². The molecule has 0 aliphatic rings. The van der Waals surface area contributed by atoms with Crippen molar-refractivity contribution in [1.29, 1.82) is 0 Å². The third kappa shape index (κ3) is 5.53. The van der Waals surface area contributed by atoms with Gasteiger partial charge >= 0.3 is 11.7 Å². The van der Waals surface area contributed by atoms with Crippen molar-refractivity contribution >= 4 is 37.8 Å². The quantitative estimate of drug-likeness (QED) is 0.491. The number of hydrogen-bond acceptors (Lipinski definition) is 7. The summed E-state index contributed by atoms with van der Waals surface area (Å²) in [5.74, 6) is -0.970. The molecule has 1 aromatic carbocycles. The fourth-order valence-electron chi connectivity index (χ4n) is 2.39. The first-order chi connectivity index (χ1) is 12.2. The zero-order valence-electron chi connectivity index (χ0n) is 13.9. The number of carboxylic acid groups (broad SMARTS) is 1. The zero-order chi connectivity index (χ0) is 19.3. The molecule has 1 unspecified atom stereocenters. The maximum atomic E-state index is 11.7. The molecule has 0 radical (unpaired) electrons. The third-order valence-corrected chi connectivity index (χ3v) is 6.48. The number of carboxylic acids is 1. The highest BCUT2D eigenvalue weighted by atomic mass is 32.2. The van der Waals surface area contributed by atoms with E-state index in [1.807, 2.05) is 30.3 Å². The average Bonchev–Trinajstić information content (AvgIpc) is 2.98. The lowest BCUT2D eigenvalue weighted by Gasteiger charge is -2.18. The summed E-state index contributed by atoms with van der Waals surface area (Å²) in [5, 5.41) is 23.3. The van der Waals surface area contributed by atoms with Gasteiger partial charge in [-0.1, -0.05) is 41.7 Å². The van der Waals surface area contributed by atoms with Crippen molar-refractivity contribution in [2.24, 2.45) is 0 Å². The minimum absolute atomic E-state index is 0.108. The molecule has 0 aliphatic carbocycles. The van der Waals surface area contributed by atoms with Gasteiger partial charge in [-0.2, -0.15) is 0 Å². The van der Waals surface area contributed by atoms with E-state index in [0.29, 0.717) is 6.42 Å². The van der Waals surface area contributed by atoms with Crippen LogP contribution < -0.4 is 5.32 Å². The topological polar surface area (TPSA) is 127 Å². The van der Waals surface area contributed by atoms with Crippen LogP contribution in [0.5, 0.6) is 0 Å². The summed E-state index contributed by atoms with van der Waals surface area (Å²) < 4.78 is 23.3. The van der Waals surface area contributed by atoms with E-state index < -0.39 is 26.8 Å². The van der Waals surface area contributed by atoms with Crippen LogP contribution in [0.4, 0.5) is 10.7 Å². The molecule has 26 heavy (non-hydrogen) atoms.